The summed E-state index contributed by atoms with van der Waals surface area (Å²) < 4.78 is 4.67. The van der Waals surface area contributed by atoms with Crippen molar-refractivity contribution in [1.29, 1.82) is 0 Å². The Morgan fingerprint density at radius 3 is 2.36 bits per heavy atom. The first kappa shape index (κ1) is 13.2. The smallest absolute Gasteiger partial charge is 0.333 e. The van der Waals surface area contributed by atoms with Crippen LogP contribution in [0.3, 0.4) is 0 Å². The predicted octanol–water partition coefficient (Wildman–Crippen LogP) is 3.47. The van der Waals surface area contributed by atoms with Gasteiger partial charge < -0.3 is 4.74 Å². The SMILES string of the molecule is CC=C(CCCCCCC)C(=O)OC. The zero-order valence-corrected chi connectivity index (χ0v) is 9.64. The summed E-state index contributed by atoms with van der Waals surface area (Å²) in [4.78, 5) is 11.2. The van der Waals surface area contributed by atoms with Crippen LogP contribution in [-0.4, -0.2) is 13.1 Å². The molecule has 0 rings (SSSR count). The Bertz CT molecular complexity index is 183. The summed E-state index contributed by atoms with van der Waals surface area (Å²) in [7, 11) is 1.43. The number of methoxy groups -OCH3 is 1. The van der Waals surface area contributed by atoms with Crippen LogP contribution in [0.25, 0.3) is 0 Å². The number of ether oxygens (including phenoxy) is 1. The molecule has 0 radical (unpaired) electrons. The minimum Gasteiger partial charge on any atom is -0.466 e. The Labute approximate surface area is 87.3 Å². The third kappa shape index (κ3) is 5.79. The number of carbonyl (C=O) groups excluding carboxylic acids is 1. The quantitative estimate of drug-likeness (QED) is 0.356. The first-order valence-electron chi connectivity index (χ1n) is 5.49. The molecule has 0 atom stereocenters. The van der Waals surface area contributed by atoms with E-state index in [4.69, 9.17) is 0 Å². The fourth-order valence-corrected chi connectivity index (χ4v) is 1.41. The molecule has 0 aromatic heterocycles. The molecule has 0 N–H and O–H groups in total. The molecule has 0 aromatic carbocycles. The third-order valence-electron chi connectivity index (χ3n) is 2.35. The zero-order chi connectivity index (χ0) is 10.8. The highest BCUT2D eigenvalue weighted by atomic mass is 16.5. The molecule has 0 saturated carbocycles. The van der Waals surface area contributed by atoms with Crippen LogP contribution in [0.15, 0.2) is 11.6 Å². The predicted molar refractivity (Wildman–Crippen MR) is 59.1 cm³/mol. The molecule has 0 aromatic rings. The van der Waals surface area contributed by atoms with Crippen molar-refractivity contribution >= 4 is 5.97 Å². The fraction of sp³-hybridized carbons (Fsp3) is 0.750. The minimum atomic E-state index is -0.178. The zero-order valence-electron chi connectivity index (χ0n) is 9.64. The molecule has 0 aliphatic carbocycles. The van der Waals surface area contributed by atoms with Gasteiger partial charge in [-0.2, -0.15) is 0 Å². The first-order valence-corrected chi connectivity index (χ1v) is 5.49. The van der Waals surface area contributed by atoms with Gasteiger partial charge in [-0.15, -0.1) is 0 Å². The van der Waals surface area contributed by atoms with Gasteiger partial charge in [0.2, 0.25) is 0 Å². The topological polar surface area (TPSA) is 26.3 Å². The summed E-state index contributed by atoms with van der Waals surface area (Å²) in [6.07, 6.45) is 8.83. The highest BCUT2D eigenvalue weighted by Gasteiger charge is 2.06. The third-order valence-corrected chi connectivity index (χ3v) is 2.35. The monoisotopic (exact) mass is 198 g/mol. The summed E-state index contributed by atoms with van der Waals surface area (Å²) >= 11 is 0. The maximum Gasteiger partial charge on any atom is 0.333 e. The number of allylic oxidation sites excluding steroid dienone is 1. The van der Waals surface area contributed by atoms with Crippen LogP contribution < -0.4 is 0 Å². The van der Waals surface area contributed by atoms with Crippen molar-refractivity contribution in [2.75, 3.05) is 7.11 Å². The van der Waals surface area contributed by atoms with Crippen molar-refractivity contribution in [1.82, 2.24) is 0 Å². The normalized spacial score (nSPS) is 11.5. The molecule has 2 heteroatoms. The second-order valence-electron chi connectivity index (χ2n) is 3.47. The average molecular weight is 198 g/mol. The van der Waals surface area contributed by atoms with Gasteiger partial charge in [-0.3, -0.25) is 0 Å². The molecule has 0 unspecified atom stereocenters. The maximum absolute atomic E-state index is 11.2. The number of hydrogen-bond acceptors (Lipinski definition) is 2. The van der Waals surface area contributed by atoms with Crippen molar-refractivity contribution in [3.05, 3.63) is 11.6 Å². The van der Waals surface area contributed by atoms with Crippen molar-refractivity contribution in [2.24, 2.45) is 0 Å². The van der Waals surface area contributed by atoms with Crippen molar-refractivity contribution in [2.45, 2.75) is 52.4 Å². The highest BCUT2D eigenvalue weighted by Crippen LogP contribution is 2.11. The Morgan fingerprint density at radius 2 is 1.86 bits per heavy atom. The lowest BCUT2D eigenvalue weighted by Gasteiger charge is -2.04. The molecule has 0 heterocycles. The molecule has 0 aliphatic heterocycles. The second-order valence-corrected chi connectivity index (χ2v) is 3.47. The van der Waals surface area contributed by atoms with Gasteiger partial charge in [-0.25, -0.2) is 4.79 Å². The summed E-state index contributed by atoms with van der Waals surface area (Å²) in [6, 6.07) is 0. The van der Waals surface area contributed by atoms with Crippen LogP contribution in [-0.2, 0) is 9.53 Å². The van der Waals surface area contributed by atoms with E-state index in [0.717, 1.165) is 18.4 Å². The number of hydrogen-bond donors (Lipinski definition) is 0. The standard InChI is InChI=1S/C12H22O2/c1-4-6-7-8-9-10-11(5-2)12(13)14-3/h5H,4,6-10H2,1-3H3. The lowest BCUT2D eigenvalue weighted by Crippen LogP contribution is -2.04. The van der Waals surface area contributed by atoms with E-state index >= 15 is 0 Å². The van der Waals surface area contributed by atoms with Crippen LogP contribution in [0.2, 0.25) is 0 Å². The largest absolute Gasteiger partial charge is 0.466 e. The first-order chi connectivity index (χ1) is 6.76. The fourth-order valence-electron chi connectivity index (χ4n) is 1.41. The molecule has 0 aliphatic rings. The van der Waals surface area contributed by atoms with Gasteiger partial charge >= 0.3 is 5.97 Å². The van der Waals surface area contributed by atoms with E-state index in [2.05, 4.69) is 11.7 Å². The molecule has 0 saturated heterocycles. The number of esters is 1. The molecule has 14 heavy (non-hydrogen) atoms. The molecule has 0 spiro atoms. The average Bonchev–Trinajstić information content (AvgIpc) is 2.22. The van der Waals surface area contributed by atoms with Gasteiger partial charge in [-0.1, -0.05) is 38.7 Å². The van der Waals surface area contributed by atoms with Crippen LogP contribution in [0.1, 0.15) is 52.4 Å². The molecule has 0 bridgehead atoms. The summed E-state index contributed by atoms with van der Waals surface area (Å²) in [5.41, 5.74) is 0.809. The van der Waals surface area contributed by atoms with Gasteiger partial charge in [0.05, 0.1) is 7.11 Å². The van der Waals surface area contributed by atoms with Gasteiger partial charge in [0.1, 0.15) is 0 Å². The van der Waals surface area contributed by atoms with Crippen LogP contribution in [0.4, 0.5) is 0 Å². The van der Waals surface area contributed by atoms with E-state index < -0.39 is 0 Å². The Kier molecular flexibility index (Phi) is 8.30. The second kappa shape index (κ2) is 8.79. The highest BCUT2D eigenvalue weighted by molar-refractivity contribution is 5.88. The van der Waals surface area contributed by atoms with Crippen molar-refractivity contribution in [3.63, 3.8) is 0 Å². The van der Waals surface area contributed by atoms with Gasteiger partial charge in [0, 0.05) is 5.57 Å². The summed E-state index contributed by atoms with van der Waals surface area (Å²) in [6.45, 7) is 4.09. The number of rotatable bonds is 7. The van der Waals surface area contributed by atoms with Gasteiger partial charge in [0.25, 0.3) is 0 Å². The maximum atomic E-state index is 11.2. The molecule has 0 fully saturated rings. The lowest BCUT2D eigenvalue weighted by atomic mass is 10.1. The van der Waals surface area contributed by atoms with Crippen LogP contribution >= 0.6 is 0 Å². The van der Waals surface area contributed by atoms with Gasteiger partial charge in [0.15, 0.2) is 0 Å². The molecule has 82 valence electrons. The van der Waals surface area contributed by atoms with Crippen molar-refractivity contribution in [3.8, 4) is 0 Å². The molecular formula is C12H22O2. The number of unbranched alkanes of at least 4 members (excludes halogenated alkanes) is 4. The van der Waals surface area contributed by atoms with Gasteiger partial charge in [-0.05, 0) is 19.8 Å². The van der Waals surface area contributed by atoms with E-state index in [0.29, 0.717) is 0 Å². The molecular weight excluding hydrogens is 176 g/mol. The Hall–Kier alpha value is -0.790. The lowest BCUT2D eigenvalue weighted by molar-refractivity contribution is -0.136. The summed E-state index contributed by atoms with van der Waals surface area (Å²) in [5, 5.41) is 0. The molecule has 2 nitrogen and oxygen atoms in total. The number of carbonyl (C=O) groups is 1. The van der Waals surface area contributed by atoms with Crippen molar-refractivity contribution < 1.29 is 9.53 Å². The minimum absolute atomic E-state index is 0.178. The van der Waals surface area contributed by atoms with Crippen LogP contribution in [0, 0.1) is 0 Å². The van der Waals surface area contributed by atoms with E-state index in [9.17, 15) is 4.79 Å². The Morgan fingerprint density at radius 1 is 1.21 bits per heavy atom. The Balaban J connectivity index is 3.59. The summed E-state index contributed by atoms with van der Waals surface area (Å²) in [5.74, 6) is -0.178. The van der Waals surface area contributed by atoms with E-state index in [-0.39, 0.29) is 5.97 Å². The molecule has 0 amide bonds. The van der Waals surface area contributed by atoms with E-state index in [1.54, 1.807) is 0 Å². The van der Waals surface area contributed by atoms with E-state index in [1.165, 1.54) is 32.8 Å². The van der Waals surface area contributed by atoms with Crippen LogP contribution in [0.5, 0.6) is 0 Å². The van der Waals surface area contributed by atoms with E-state index in [1.807, 2.05) is 13.0 Å².